The summed E-state index contributed by atoms with van der Waals surface area (Å²) < 4.78 is 38.3. The van der Waals surface area contributed by atoms with Crippen molar-refractivity contribution >= 4 is 33.0 Å². The second-order valence-electron chi connectivity index (χ2n) is 7.06. The van der Waals surface area contributed by atoms with Crippen molar-refractivity contribution in [2.75, 3.05) is 12.4 Å². The Morgan fingerprint density at radius 1 is 1.16 bits per heavy atom. The highest BCUT2D eigenvalue weighted by molar-refractivity contribution is 7.85. The van der Waals surface area contributed by atoms with E-state index in [9.17, 15) is 23.4 Å². The molecule has 1 aliphatic rings. The van der Waals surface area contributed by atoms with Gasteiger partial charge in [-0.3, -0.25) is 13.9 Å². The minimum Gasteiger partial charge on any atom is -0.387 e. The molecule has 1 aromatic carbocycles. The van der Waals surface area contributed by atoms with E-state index >= 15 is 0 Å². The van der Waals surface area contributed by atoms with E-state index in [-0.39, 0.29) is 11.4 Å². The molecule has 170 valence electrons. The molecule has 14 heteroatoms. The van der Waals surface area contributed by atoms with Gasteiger partial charge in [-0.25, -0.2) is 15.0 Å². The van der Waals surface area contributed by atoms with Crippen molar-refractivity contribution in [2.24, 2.45) is 0 Å². The molecule has 0 bridgehead atoms. The first kappa shape index (κ1) is 22.0. The summed E-state index contributed by atoms with van der Waals surface area (Å²) in [5.74, 6) is -0.205. The lowest BCUT2D eigenvalue weighted by Crippen LogP contribution is -2.41. The molecule has 2 aromatic heterocycles. The van der Waals surface area contributed by atoms with E-state index in [4.69, 9.17) is 9.29 Å². The molecular formula is C18H20N6O7S. The molecule has 0 aliphatic carbocycles. The molecule has 1 unspecified atom stereocenters. The maximum atomic E-state index is 11.9. The number of aliphatic hydroxyl groups is 2. The first-order valence-corrected chi connectivity index (χ1v) is 10.9. The molecule has 4 atom stereocenters. The Labute approximate surface area is 181 Å². The van der Waals surface area contributed by atoms with Gasteiger partial charge in [-0.2, -0.15) is 8.42 Å². The lowest BCUT2D eigenvalue weighted by molar-refractivity contribution is -0.137. The second kappa shape index (κ2) is 8.40. The molecule has 4 rings (SSSR count). The number of fused-ring (bicyclic) bond motifs is 1. The Balaban J connectivity index is 1.55. The van der Waals surface area contributed by atoms with Gasteiger partial charge in [-0.1, -0.05) is 12.1 Å². The van der Waals surface area contributed by atoms with E-state index in [0.29, 0.717) is 17.0 Å². The molecule has 1 fully saturated rings. The van der Waals surface area contributed by atoms with Gasteiger partial charge in [-0.15, -0.1) is 0 Å². The Hall–Kier alpha value is -3.17. The topological polar surface area (TPSA) is 189 Å². The summed E-state index contributed by atoms with van der Waals surface area (Å²) in [5, 5.41) is 26.0. The van der Waals surface area contributed by atoms with Crippen molar-refractivity contribution < 1.29 is 32.7 Å². The van der Waals surface area contributed by atoms with Gasteiger partial charge < -0.3 is 25.6 Å². The SMILES string of the molecule is CNC(=O)[C@H]1OC(n2cnc3c(NCc4ccc(S(=O)(=O)O)cc4)ncnc32)[C@H](O)[C@@H]1O. The van der Waals surface area contributed by atoms with Crippen LogP contribution in [0.1, 0.15) is 11.8 Å². The van der Waals surface area contributed by atoms with Gasteiger partial charge in [0.15, 0.2) is 29.3 Å². The van der Waals surface area contributed by atoms with Gasteiger partial charge in [0.2, 0.25) is 0 Å². The monoisotopic (exact) mass is 464 g/mol. The van der Waals surface area contributed by atoms with Gasteiger partial charge in [0.25, 0.3) is 16.0 Å². The quantitative estimate of drug-likeness (QED) is 0.283. The van der Waals surface area contributed by atoms with E-state index < -0.39 is 40.6 Å². The highest BCUT2D eigenvalue weighted by Crippen LogP contribution is 2.32. The predicted molar refractivity (Wildman–Crippen MR) is 109 cm³/mol. The normalized spacial score (nSPS) is 23.4. The summed E-state index contributed by atoms with van der Waals surface area (Å²) in [6.45, 7) is 0.269. The Kier molecular flexibility index (Phi) is 5.79. The van der Waals surface area contributed by atoms with E-state index in [2.05, 4.69) is 25.6 Å². The number of hydrogen-bond donors (Lipinski definition) is 5. The molecule has 3 heterocycles. The van der Waals surface area contributed by atoms with Gasteiger partial charge in [0.1, 0.15) is 18.5 Å². The van der Waals surface area contributed by atoms with Crippen molar-refractivity contribution in [3.63, 3.8) is 0 Å². The number of amides is 1. The van der Waals surface area contributed by atoms with Crippen molar-refractivity contribution in [3.8, 4) is 0 Å². The standard InChI is InChI=1S/C18H20N6O7S/c1-19-17(27)14-12(25)13(26)18(31-14)24-8-23-11-15(21-7-22-16(11)24)20-6-9-2-4-10(5-3-9)32(28,29)30/h2-5,7-8,12-14,18,25-26H,6H2,1H3,(H,19,27)(H,20,21,22)(H,28,29,30)/t12-,13+,14-,18?/m0/s1. The van der Waals surface area contributed by atoms with Crippen molar-refractivity contribution in [1.29, 1.82) is 0 Å². The molecule has 0 radical (unpaired) electrons. The average Bonchev–Trinajstić information content (AvgIpc) is 3.33. The molecular weight excluding hydrogens is 444 g/mol. The van der Waals surface area contributed by atoms with Gasteiger partial charge in [0.05, 0.1) is 11.2 Å². The zero-order valence-corrected chi connectivity index (χ0v) is 17.5. The maximum Gasteiger partial charge on any atom is 0.294 e. The summed E-state index contributed by atoms with van der Waals surface area (Å²) in [4.78, 5) is 24.3. The largest absolute Gasteiger partial charge is 0.387 e. The number of carbonyl (C=O) groups is 1. The van der Waals surface area contributed by atoms with Crippen LogP contribution < -0.4 is 10.6 Å². The number of carbonyl (C=O) groups excluding carboxylic acids is 1. The fraction of sp³-hybridized carbons (Fsp3) is 0.333. The number of aromatic nitrogens is 4. The predicted octanol–water partition coefficient (Wildman–Crippen LogP) is -0.950. The van der Waals surface area contributed by atoms with Crippen LogP contribution in [0.3, 0.4) is 0 Å². The number of ether oxygens (including phenoxy) is 1. The van der Waals surface area contributed by atoms with Gasteiger partial charge >= 0.3 is 0 Å². The van der Waals surface area contributed by atoms with Gasteiger partial charge in [0, 0.05) is 13.6 Å². The minimum atomic E-state index is -4.27. The second-order valence-corrected chi connectivity index (χ2v) is 8.48. The summed E-state index contributed by atoms with van der Waals surface area (Å²) >= 11 is 0. The van der Waals surface area contributed by atoms with E-state index in [0.717, 1.165) is 5.56 Å². The van der Waals surface area contributed by atoms with E-state index in [1.807, 2.05) is 0 Å². The number of aliphatic hydroxyl groups excluding tert-OH is 2. The average molecular weight is 464 g/mol. The highest BCUT2D eigenvalue weighted by Gasteiger charge is 2.47. The third kappa shape index (κ3) is 4.01. The number of imidazole rings is 1. The van der Waals surface area contributed by atoms with Crippen molar-refractivity contribution in [3.05, 3.63) is 42.5 Å². The van der Waals surface area contributed by atoms with Crippen molar-refractivity contribution in [1.82, 2.24) is 24.8 Å². The number of rotatable bonds is 6. The van der Waals surface area contributed by atoms with Crippen LogP contribution in [0.15, 0.2) is 41.8 Å². The number of anilines is 1. The molecule has 1 saturated heterocycles. The zero-order chi connectivity index (χ0) is 23.0. The third-order valence-electron chi connectivity index (χ3n) is 5.06. The summed E-state index contributed by atoms with van der Waals surface area (Å²) in [6, 6.07) is 5.64. The molecule has 1 amide bonds. The fourth-order valence-corrected chi connectivity index (χ4v) is 3.86. The van der Waals surface area contributed by atoms with Crippen LogP contribution in [0.25, 0.3) is 11.2 Å². The Morgan fingerprint density at radius 3 is 2.53 bits per heavy atom. The minimum absolute atomic E-state index is 0.211. The van der Waals surface area contributed by atoms with Crippen LogP contribution in [0.5, 0.6) is 0 Å². The molecule has 3 aromatic rings. The van der Waals surface area contributed by atoms with E-state index in [1.54, 1.807) is 0 Å². The number of nitrogens with zero attached hydrogens (tertiary/aromatic N) is 4. The zero-order valence-electron chi connectivity index (χ0n) is 16.7. The lowest BCUT2D eigenvalue weighted by Gasteiger charge is -2.16. The van der Waals surface area contributed by atoms with Crippen LogP contribution in [-0.4, -0.2) is 74.0 Å². The number of benzene rings is 1. The van der Waals surface area contributed by atoms with Crippen molar-refractivity contribution in [2.45, 2.75) is 36.0 Å². The molecule has 5 N–H and O–H groups in total. The summed E-state index contributed by atoms with van der Waals surface area (Å²) in [7, 11) is -2.87. The summed E-state index contributed by atoms with van der Waals surface area (Å²) in [5.41, 5.74) is 1.38. The molecule has 1 aliphatic heterocycles. The molecule has 32 heavy (non-hydrogen) atoms. The lowest BCUT2D eigenvalue weighted by atomic mass is 10.1. The van der Waals surface area contributed by atoms with Crippen LogP contribution in [0, 0.1) is 0 Å². The summed E-state index contributed by atoms with van der Waals surface area (Å²) in [6.07, 6.45) is -2.52. The number of hydrogen-bond acceptors (Lipinski definition) is 10. The molecule has 13 nitrogen and oxygen atoms in total. The maximum absolute atomic E-state index is 11.9. The van der Waals surface area contributed by atoms with Crippen LogP contribution in [0.4, 0.5) is 5.82 Å². The third-order valence-corrected chi connectivity index (χ3v) is 5.93. The molecule has 0 saturated carbocycles. The number of nitrogens with one attached hydrogen (secondary N) is 2. The highest BCUT2D eigenvalue weighted by atomic mass is 32.2. The van der Waals surface area contributed by atoms with Crippen LogP contribution in [0.2, 0.25) is 0 Å². The Morgan fingerprint density at radius 2 is 1.88 bits per heavy atom. The van der Waals surface area contributed by atoms with E-state index in [1.165, 1.54) is 48.5 Å². The number of likely N-dealkylation sites (N-methyl/N-ethyl adjacent to an activating group) is 1. The smallest absolute Gasteiger partial charge is 0.294 e. The fourth-order valence-electron chi connectivity index (χ4n) is 3.38. The first-order valence-electron chi connectivity index (χ1n) is 9.41. The first-order chi connectivity index (χ1) is 15.2. The molecule has 0 spiro atoms. The van der Waals surface area contributed by atoms with Crippen LogP contribution in [-0.2, 0) is 26.2 Å². The van der Waals surface area contributed by atoms with Gasteiger partial charge in [-0.05, 0) is 17.7 Å². The van der Waals surface area contributed by atoms with Crippen LogP contribution >= 0.6 is 0 Å². The Bertz CT molecular complexity index is 1250.